The maximum absolute atomic E-state index is 4.92. The summed E-state index contributed by atoms with van der Waals surface area (Å²) in [6.45, 7) is 0.995. The van der Waals surface area contributed by atoms with Crippen molar-refractivity contribution in [1.29, 1.82) is 0 Å². The van der Waals surface area contributed by atoms with Crippen LogP contribution in [0.25, 0.3) is 11.1 Å². The Morgan fingerprint density at radius 3 is 3.00 bits per heavy atom. The van der Waals surface area contributed by atoms with Crippen LogP contribution in [-0.2, 0) is 6.42 Å². The molecule has 0 amide bonds. The molecule has 3 aliphatic rings. The van der Waals surface area contributed by atoms with E-state index in [0.717, 1.165) is 18.2 Å². The van der Waals surface area contributed by atoms with Crippen molar-refractivity contribution in [1.82, 2.24) is 0 Å². The Hall–Kier alpha value is -1.96. The van der Waals surface area contributed by atoms with Crippen molar-refractivity contribution in [3.05, 3.63) is 52.2 Å². The zero-order chi connectivity index (χ0) is 13.1. The molecular weight excluding hydrogens is 244 g/mol. The van der Waals surface area contributed by atoms with Crippen molar-refractivity contribution in [3.63, 3.8) is 0 Å². The van der Waals surface area contributed by atoms with Crippen LogP contribution in [0, 0.1) is 0 Å². The van der Waals surface area contributed by atoms with Crippen LogP contribution in [0.15, 0.2) is 40.3 Å². The highest BCUT2D eigenvalue weighted by molar-refractivity contribution is 5.80. The smallest absolute Gasteiger partial charge is 0.0752 e. The molecule has 0 saturated heterocycles. The second kappa shape index (κ2) is 3.78. The minimum absolute atomic E-state index is 0.732. The van der Waals surface area contributed by atoms with E-state index in [1.807, 2.05) is 0 Å². The van der Waals surface area contributed by atoms with Crippen molar-refractivity contribution in [3.8, 4) is 11.1 Å². The molecule has 1 aliphatic carbocycles. The molecule has 0 bridgehead atoms. The fourth-order valence-electron chi connectivity index (χ4n) is 4.12. The van der Waals surface area contributed by atoms with Gasteiger partial charge in [-0.15, -0.1) is 0 Å². The highest BCUT2D eigenvalue weighted by Crippen LogP contribution is 2.37. The van der Waals surface area contributed by atoms with Crippen molar-refractivity contribution in [2.24, 2.45) is 9.98 Å². The monoisotopic (exact) mass is 260 g/mol. The molecule has 2 heteroatoms. The summed E-state index contributed by atoms with van der Waals surface area (Å²) in [7, 11) is 0. The minimum atomic E-state index is 0.732. The van der Waals surface area contributed by atoms with Gasteiger partial charge in [-0.05, 0) is 54.9 Å². The van der Waals surface area contributed by atoms with Gasteiger partial charge in [-0.2, -0.15) is 0 Å². The zero-order valence-electron chi connectivity index (χ0n) is 11.4. The number of fused-ring (bicyclic) bond motifs is 4. The number of para-hydroxylation sites is 1. The minimum Gasteiger partial charge on any atom is -0.285 e. The molecule has 5 rings (SSSR count). The molecular formula is C18H16N2. The van der Waals surface area contributed by atoms with E-state index in [4.69, 9.17) is 9.98 Å². The molecule has 20 heavy (non-hydrogen) atoms. The first-order valence-electron chi connectivity index (χ1n) is 7.60. The predicted octanol–water partition coefficient (Wildman–Crippen LogP) is 3.06. The molecule has 2 aromatic rings. The lowest BCUT2D eigenvalue weighted by atomic mass is 9.78. The van der Waals surface area contributed by atoms with Gasteiger partial charge in [0.1, 0.15) is 0 Å². The van der Waals surface area contributed by atoms with E-state index in [-0.39, 0.29) is 0 Å². The molecule has 1 atom stereocenters. The largest absolute Gasteiger partial charge is 0.285 e. The van der Waals surface area contributed by atoms with E-state index in [0.29, 0.717) is 0 Å². The van der Waals surface area contributed by atoms with Crippen LogP contribution in [0.5, 0.6) is 0 Å². The quantitative estimate of drug-likeness (QED) is 0.593. The first kappa shape index (κ1) is 10.8. The Morgan fingerprint density at radius 2 is 2.00 bits per heavy atom. The van der Waals surface area contributed by atoms with E-state index in [1.165, 1.54) is 58.7 Å². The van der Waals surface area contributed by atoms with E-state index < -0.39 is 0 Å². The van der Waals surface area contributed by atoms with Gasteiger partial charge in [0.2, 0.25) is 0 Å². The summed E-state index contributed by atoms with van der Waals surface area (Å²) < 4.78 is 0. The van der Waals surface area contributed by atoms with Gasteiger partial charge in [0.25, 0.3) is 0 Å². The third kappa shape index (κ3) is 1.29. The van der Waals surface area contributed by atoms with Crippen molar-refractivity contribution < 1.29 is 0 Å². The van der Waals surface area contributed by atoms with Gasteiger partial charge in [-0.25, -0.2) is 4.99 Å². The maximum atomic E-state index is 4.92. The molecule has 0 radical (unpaired) electrons. The first-order valence-corrected chi connectivity index (χ1v) is 7.60. The van der Waals surface area contributed by atoms with Crippen LogP contribution < -0.4 is 10.7 Å². The molecule has 2 nitrogen and oxygen atoms in total. The van der Waals surface area contributed by atoms with Crippen LogP contribution >= 0.6 is 0 Å². The Morgan fingerprint density at radius 1 is 1.05 bits per heavy atom. The van der Waals surface area contributed by atoms with Gasteiger partial charge in [0, 0.05) is 17.7 Å². The number of rotatable bonds is 0. The molecule has 2 aromatic carbocycles. The summed E-state index contributed by atoms with van der Waals surface area (Å²) in [4.78, 5) is 9.72. The lowest BCUT2D eigenvalue weighted by Crippen LogP contribution is -2.31. The van der Waals surface area contributed by atoms with Crippen molar-refractivity contribution in [2.45, 2.75) is 31.6 Å². The average molecular weight is 260 g/mol. The van der Waals surface area contributed by atoms with Crippen LogP contribution in [-0.4, -0.2) is 6.54 Å². The average Bonchev–Trinajstić information content (AvgIpc) is 2.87. The number of nitrogens with zero attached hydrogens (tertiary/aromatic N) is 2. The van der Waals surface area contributed by atoms with Crippen LogP contribution in [0.4, 0.5) is 5.69 Å². The van der Waals surface area contributed by atoms with Gasteiger partial charge >= 0.3 is 0 Å². The molecule has 2 heterocycles. The highest BCUT2D eigenvalue weighted by Gasteiger charge is 2.28. The Bertz CT molecular complexity index is 848. The summed E-state index contributed by atoms with van der Waals surface area (Å²) in [5.41, 5.74) is 6.74. The standard InChI is InChI=1S/C18H16N2/c1-2-7-15-12(5-1)14-10-16-17-11(8-9-19-16)4-3-6-13(17)18(14)20-15/h1-2,5,7,10-11H,3-4,6,8-9H2. The second-order valence-corrected chi connectivity index (χ2v) is 6.07. The Kier molecular flexibility index (Phi) is 2.04. The molecule has 2 aliphatic heterocycles. The van der Waals surface area contributed by atoms with Gasteiger partial charge in [-0.3, -0.25) is 4.99 Å². The molecule has 0 spiro atoms. The summed E-state index contributed by atoms with van der Waals surface area (Å²) >= 11 is 0. The summed E-state index contributed by atoms with van der Waals surface area (Å²) in [6, 6.07) is 10.8. The Labute approximate surface area is 117 Å². The van der Waals surface area contributed by atoms with Gasteiger partial charge in [-0.1, -0.05) is 18.2 Å². The van der Waals surface area contributed by atoms with E-state index in [9.17, 15) is 0 Å². The summed E-state index contributed by atoms with van der Waals surface area (Å²) in [5, 5.41) is 2.49. The van der Waals surface area contributed by atoms with Crippen LogP contribution in [0.3, 0.4) is 0 Å². The topological polar surface area (TPSA) is 24.7 Å². The highest BCUT2D eigenvalue weighted by atomic mass is 14.8. The molecule has 0 aromatic heterocycles. The molecule has 0 fully saturated rings. The second-order valence-electron chi connectivity index (χ2n) is 6.07. The number of benzene rings is 2. The number of hydrogen-bond donors (Lipinski definition) is 0. The van der Waals surface area contributed by atoms with Gasteiger partial charge in [0.05, 0.1) is 16.4 Å². The third-order valence-corrected chi connectivity index (χ3v) is 5.00. The predicted molar refractivity (Wildman–Crippen MR) is 79.0 cm³/mol. The van der Waals surface area contributed by atoms with Crippen molar-refractivity contribution >= 4 is 5.69 Å². The first-order chi connectivity index (χ1) is 9.92. The SMILES string of the molecule is c1ccc2c(c1)N=c1c-2cc2c3c1CCCC3CCN=2. The van der Waals surface area contributed by atoms with E-state index in [1.54, 1.807) is 0 Å². The lowest BCUT2D eigenvalue weighted by Gasteiger charge is -2.28. The fraction of sp³-hybridized carbons (Fsp3) is 0.333. The lowest BCUT2D eigenvalue weighted by molar-refractivity contribution is 0.502. The molecule has 0 saturated carbocycles. The zero-order valence-corrected chi connectivity index (χ0v) is 11.4. The summed E-state index contributed by atoms with van der Waals surface area (Å²) in [6.07, 6.45) is 5.04. The van der Waals surface area contributed by atoms with E-state index >= 15 is 0 Å². The maximum Gasteiger partial charge on any atom is 0.0752 e. The van der Waals surface area contributed by atoms with Gasteiger partial charge in [0.15, 0.2) is 0 Å². The van der Waals surface area contributed by atoms with E-state index in [2.05, 4.69) is 30.3 Å². The molecule has 1 unspecified atom stereocenters. The number of hydrogen-bond acceptors (Lipinski definition) is 2. The van der Waals surface area contributed by atoms with Crippen LogP contribution in [0.1, 0.15) is 36.3 Å². The summed E-state index contributed by atoms with van der Waals surface area (Å²) in [5.74, 6) is 0.732. The molecule has 0 N–H and O–H groups in total. The van der Waals surface area contributed by atoms with Gasteiger partial charge < -0.3 is 0 Å². The van der Waals surface area contributed by atoms with Crippen molar-refractivity contribution in [2.75, 3.05) is 6.54 Å². The fourth-order valence-corrected chi connectivity index (χ4v) is 4.12. The third-order valence-electron chi connectivity index (χ3n) is 5.00. The normalized spacial score (nSPS) is 21.3. The molecule has 98 valence electrons. The van der Waals surface area contributed by atoms with Crippen LogP contribution in [0.2, 0.25) is 0 Å². The Balaban J connectivity index is 1.93.